The Balaban J connectivity index is 3.06. The zero-order chi connectivity index (χ0) is 6.69. The maximum atomic E-state index is 3.86. The van der Waals surface area contributed by atoms with Crippen LogP contribution in [0.1, 0.15) is 6.92 Å². The number of hydrogen-bond donors (Lipinski definition) is 0. The fourth-order valence-corrected chi connectivity index (χ4v) is 0.687. The molecule has 0 saturated heterocycles. The maximum Gasteiger partial charge on any atom is 0.125 e. The van der Waals surface area contributed by atoms with Gasteiger partial charge in [0.15, 0.2) is 0 Å². The van der Waals surface area contributed by atoms with Crippen LogP contribution in [0.15, 0.2) is 25.3 Å². The van der Waals surface area contributed by atoms with Gasteiger partial charge in [0.1, 0.15) is 6.34 Å². The lowest BCUT2D eigenvalue weighted by Crippen LogP contribution is -1.71. The van der Waals surface area contributed by atoms with Crippen LogP contribution in [0.4, 0.5) is 0 Å². The van der Waals surface area contributed by atoms with Crippen molar-refractivity contribution in [3.8, 4) is 0 Å². The van der Waals surface area contributed by atoms with E-state index >= 15 is 0 Å². The minimum atomic E-state index is 1.02. The molecule has 0 aromatic carbocycles. The van der Waals surface area contributed by atoms with Crippen molar-refractivity contribution in [3.05, 3.63) is 15.4 Å². The van der Waals surface area contributed by atoms with Crippen molar-refractivity contribution in [2.45, 2.75) is 6.92 Å². The van der Waals surface area contributed by atoms with Crippen LogP contribution in [0.25, 0.3) is 0 Å². The molecule has 0 bridgehead atoms. The number of halogens is 1. The van der Waals surface area contributed by atoms with E-state index in [4.69, 9.17) is 0 Å². The molecule has 0 saturated carbocycles. The van der Waals surface area contributed by atoms with Gasteiger partial charge in [-0.2, -0.15) is 4.99 Å². The van der Waals surface area contributed by atoms with E-state index in [9.17, 15) is 0 Å². The molecule has 1 aliphatic heterocycles. The summed E-state index contributed by atoms with van der Waals surface area (Å²) in [7, 11) is 0. The number of allylic oxidation sites excluding steroid dienone is 2. The van der Waals surface area contributed by atoms with Crippen LogP contribution in [0.5, 0.6) is 0 Å². The summed E-state index contributed by atoms with van der Waals surface area (Å²) in [5, 5.41) is 0. The molecule has 2 nitrogen and oxygen atoms in total. The third kappa shape index (κ3) is 1.77. The van der Waals surface area contributed by atoms with Gasteiger partial charge in [0.25, 0.3) is 0 Å². The van der Waals surface area contributed by atoms with Crippen molar-refractivity contribution >= 4 is 34.8 Å². The lowest BCUT2D eigenvalue weighted by Gasteiger charge is -1.87. The number of rotatable bonds is 0. The third-order valence-electron chi connectivity index (χ3n) is 0.902. The quantitative estimate of drug-likeness (QED) is 0.570. The molecule has 0 aromatic heterocycles. The van der Waals surface area contributed by atoms with Gasteiger partial charge < -0.3 is 0 Å². The van der Waals surface area contributed by atoms with Crippen LogP contribution >= 0.6 is 22.6 Å². The van der Waals surface area contributed by atoms with Gasteiger partial charge in [0.2, 0.25) is 0 Å². The predicted octanol–water partition coefficient (Wildman–Crippen LogP) is 1.92. The lowest BCUT2D eigenvalue weighted by atomic mass is 10.3. The van der Waals surface area contributed by atoms with E-state index in [0.717, 1.165) is 9.15 Å². The summed E-state index contributed by atoms with van der Waals surface area (Å²) in [5.41, 5.74) is 1.10. The lowest BCUT2D eigenvalue weighted by molar-refractivity contribution is 1.44. The van der Waals surface area contributed by atoms with Gasteiger partial charge in [-0.3, -0.25) is 0 Å². The van der Waals surface area contributed by atoms with Crippen LogP contribution in [0.3, 0.4) is 0 Å². The zero-order valence-electron chi connectivity index (χ0n) is 4.93. The summed E-state index contributed by atoms with van der Waals surface area (Å²) in [6.45, 7) is 1.98. The van der Waals surface area contributed by atoms with Gasteiger partial charge in [0, 0.05) is 12.1 Å². The van der Waals surface area contributed by atoms with Gasteiger partial charge in [-0.25, -0.2) is 4.99 Å². The molecule has 0 N–H and O–H groups in total. The zero-order valence-corrected chi connectivity index (χ0v) is 7.08. The van der Waals surface area contributed by atoms with E-state index in [1.165, 1.54) is 6.34 Å². The molecular formula is C6H5IN2. The average Bonchev–Trinajstić information content (AvgIpc) is 1.99. The minimum absolute atomic E-state index is 1.02. The van der Waals surface area contributed by atoms with E-state index in [1.807, 2.05) is 6.92 Å². The van der Waals surface area contributed by atoms with Crippen molar-refractivity contribution in [2.24, 2.45) is 9.98 Å². The summed E-state index contributed by atoms with van der Waals surface area (Å²) in [5.74, 6) is 2.80. The second kappa shape index (κ2) is 2.94. The molecule has 0 aliphatic carbocycles. The first-order valence-electron chi connectivity index (χ1n) is 2.48. The average molecular weight is 232 g/mol. The van der Waals surface area contributed by atoms with Gasteiger partial charge in [-0.05, 0) is 35.1 Å². The maximum absolute atomic E-state index is 3.86. The Hall–Kier alpha value is -0.410. The van der Waals surface area contributed by atoms with Gasteiger partial charge >= 0.3 is 0 Å². The molecule has 0 atom stereocenters. The Labute approximate surface area is 67.2 Å². The molecule has 0 amide bonds. The highest BCUT2D eigenvalue weighted by Crippen LogP contribution is 2.13. The van der Waals surface area contributed by atoms with Crippen LogP contribution in [-0.2, 0) is 0 Å². The third-order valence-corrected chi connectivity index (χ3v) is 1.99. The first kappa shape index (κ1) is 6.71. The molecule has 1 aliphatic rings. The Morgan fingerprint density at radius 2 is 2.44 bits per heavy atom. The predicted molar refractivity (Wildman–Crippen MR) is 47.2 cm³/mol. The van der Waals surface area contributed by atoms with Crippen molar-refractivity contribution in [2.75, 3.05) is 0 Å². The standard InChI is InChI=1S/C6H5IN2/c1-5-2-8-4-9-3-6(5)7/h2,4H,1H3. The van der Waals surface area contributed by atoms with Crippen LogP contribution in [-0.4, -0.2) is 12.2 Å². The fourth-order valence-electron chi connectivity index (χ4n) is 0.409. The van der Waals surface area contributed by atoms with Crippen molar-refractivity contribution < 1.29 is 0 Å². The molecule has 9 heavy (non-hydrogen) atoms. The number of aliphatic imine (C=N–C) groups is 2. The summed E-state index contributed by atoms with van der Waals surface area (Å²) in [6, 6.07) is 0. The minimum Gasteiger partial charge on any atom is -0.244 e. The molecule has 1 rings (SSSR count). The highest BCUT2D eigenvalue weighted by molar-refractivity contribution is 14.1. The Kier molecular flexibility index (Phi) is 2.19. The number of nitrogens with zero attached hydrogens (tertiary/aromatic N) is 2. The molecule has 3 heteroatoms. The molecular weight excluding hydrogens is 227 g/mol. The molecule has 0 spiro atoms. The summed E-state index contributed by atoms with van der Waals surface area (Å²) in [4.78, 5) is 7.62. The molecule has 0 fully saturated rings. The second-order valence-corrected chi connectivity index (χ2v) is 2.71. The topological polar surface area (TPSA) is 24.7 Å². The van der Waals surface area contributed by atoms with E-state index in [1.54, 1.807) is 6.20 Å². The van der Waals surface area contributed by atoms with Crippen LogP contribution in [0.2, 0.25) is 0 Å². The molecule has 1 heterocycles. The monoisotopic (exact) mass is 232 g/mol. The fraction of sp³-hybridized carbons (Fsp3) is 0.167. The molecule has 0 radical (unpaired) electrons. The smallest absolute Gasteiger partial charge is 0.125 e. The normalized spacial score (nSPS) is 16.7. The van der Waals surface area contributed by atoms with Gasteiger partial charge in [0.05, 0.1) is 3.58 Å². The SMILES string of the molecule is CC1=CN=CN=C=C1I. The van der Waals surface area contributed by atoms with Crippen LogP contribution < -0.4 is 0 Å². The van der Waals surface area contributed by atoms with Gasteiger partial charge in [-0.1, -0.05) is 0 Å². The second-order valence-electron chi connectivity index (χ2n) is 1.63. The first-order valence-corrected chi connectivity index (χ1v) is 3.55. The van der Waals surface area contributed by atoms with Crippen molar-refractivity contribution in [1.82, 2.24) is 0 Å². The Morgan fingerprint density at radius 3 is 3.22 bits per heavy atom. The Bertz CT molecular complexity index is 231. The molecule has 0 aromatic rings. The van der Waals surface area contributed by atoms with E-state index < -0.39 is 0 Å². The first-order chi connectivity index (χ1) is 4.30. The highest BCUT2D eigenvalue weighted by atomic mass is 127. The Morgan fingerprint density at radius 1 is 1.67 bits per heavy atom. The molecule has 46 valence electrons. The van der Waals surface area contributed by atoms with Gasteiger partial charge in [-0.15, -0.1) is 0 Å². The van der Waals surface area contributed by atoms with Crippen molar-refractivity contribution in [1.29, 1.82) is 0 Å². The largest absolute Gasteiger partial charge is 0.244 e. The van der Waals surface area contributed by atoms with E-state index in [2.05, 4.69) is 38.4 Å². The highest BCUT2D eigenvalue weighted by Gasteiger charge is 1.92. The summed E-state index contributed by atoms with van der Waals surface area (Å²) < 4.78 is 1.02. The number of hydrogen-bond acceptors (Lipinski definition) is 2. The summed E-state index contributed by atoms with van der Waals surface area (Å²) >= 11 is 2.17. The molecule has 0 unspecified atom stereocenters. The van der Waals surface area contributed by atoms with E-state index in [0.29, 0.717) is 0 Å². The summed E-state index contributed by atoms with van der Waals surface area (Å²) in [6.07, 6.45) is 3.25. The van der Waals surface area contributed by atoms with Crippen LogP contribution in [0, 0.1) is 0 Å². The van der Waals surface area contributed by atoms with E-state index in [-0.39, 0.29) is 0 Å². The van der Waals surface area contributed by atoms with Crippen molar-refractivity contribution in [3.63, 3.8) is 0 Å².